The van der Waals surface area contributed by atoms with Gasteiger partial charge < -0.3 is 5.32 Å². The zero-order chi connectivity index (χ0) is 14.7. The van der Waals surface area contributed by atoms with Crippen LogP contribution in [-0.2, 0) is 9.59 Å². The van der Waals surface area contributed by atoms with Crippen LogP contribution in [0.2, 0.25) is 0 Å². The number of nitrogens with one attached hydrogen (secondary N) is 2. The SMILES string of the molecule is O=CNc1ccncc1C1=NNC(=O)C1c1ccccc1. The minimum Gasteiger partial charge on any atom is -0.328 e. The van der Waals surface area contributed by atoms with E-state index in [1.807, 2.05) is 30.3 Å². The zero-order valence-electron chi connectivity index (χ0n) is 11.0. The van der Waals surface area contributed by atoms with Crippen molar-refractivity contribution in [3.63, 3.8) is 0 Å². The highest BCUT2D eigenvalue weighted by Crippen LogP contribution is 2.28. The minimum absolute atomic E-state index is 0.197. The van der Waals surface area contributed by atoms with E-state index in [0.717, 1.165) is 5.56 Å². The molecule has 1 unspecified atom stereocenters. The molecule has 21 heavy (non-hydrogen) atoms. The molecule has 104 valence electrons. The van der Waals surface area contributed by atoms with E-state index in [1.165, 1.54) is 0 Å². The molecule has 0 bridgehead atoms. The van der Waals surface area contributed by atoms with Crippen molar-refractivity contribution in [2.45, 2.75) is 5.92 Å². The van der Waals surface area contributed by atoms with E-state index in [1.54, 1.807) is 18.5 Å². The second-order valence-corrected chi connectivity index (χ2v) is 4.50. The van der Waals surface area contributed by atoms with E-state index < -0.39 is 5.92 Å². The predicted octanol–water partition coefficient (Wildman–Crippen LogP) is 1.27. The summed E-state index contributed by atoms with van der Waals surface area (Å²) < 4.78 is 0. The summed E-state index contributed by atoms with van der Waals surface area (Å²) in [6, 6.07) is 11.0. The highest BCUT2D eigenvalue weighted by atomic mass is 16.2. The molecule has 0 radical (unpaired) electrons. The third kappa shape index (κ3) is 2.38. The number of carbonyl (C=O) groups is 2. The first-order valence-corrected chi connectivity index (χ1v) is 6.38. The fraction of sp³-hybridized carbons (Fsp3) is 0.0667. The highest BCUT2D eigenvalue weighted by Gasteiger charge is 2.33. The van der Waals surface area contributed by atoms with Gasteiger partial charge in [0.2, 0.25) is 6.41 Å². The fourth-order valence-corrected chi connectivity index (χ4v) is 2.33. The molecule has 2 heterocycles. The Hall–Kier alpha value is -3.02. The molecule has 0 fully saturated rings. The molecular formula is C15H12N4O2. The van der Waals surface area contributed by atoms with Gasteiger partial charge in [0.25, 0.3) is 5.91 Å². The Morgan fingerprint density at radius 2 is 2.00 bits per heavy atom. The lowest BCUT2D eigenvalue weighted by Crippen LogP contribution is -2.22. The summed E-state index contributed by atoms with van der Waals surface area (Å²) in [6.45, 7) is 0. The standard InChI is InChI=1S/C15H12N4O2/c20-9-17-12-6-7-16-8-11(12)14-13(15(21)19-18-14)10-4-2-1-3-5-10/h1-9,13H,(H,19,21)(H,16,17,20). The average molecular weight is 280 g/mol. The van der Waals surface area contributed by atoms with Crippen LogP contribution in [-0.4, -0.2) is 23.0 Å². The quantitative estimate of drug-likeness (QED) is 0.827. The van der Waals surface area contributed by atoms with Crippen molar-refractivity contribution in [3.05, 3.63) is 59.9 Å². The van der Waals surface area contributed by atoms with Gasteiger partial charge in [0.15, 0.2) is 0 Å². The molecule has 1 aliphatic rings. The number of rotatable bonds is 4. The normalized spacial score (nSPS) is 17.0. The molecule has 0 aliphatic carbocycles. The monoisotopic (exact) mass is 280 g/mol. The van der Waals surface area contributed by atoms with Crippen LogP contribution in [0.1, 0.15) is 17.0 Å². The molecule has 1 aromatic carbocycles. The third-order valence-electron chi connectivity index (χ3n) is 3.27. The first-order valence-electron chi connectivity index (χ1n) is 6.38. The van der Waals surface area contributed by atoms with Crippen LogP contribution in [0.4, 0.5) is 5.69 Å². The molecule has 6 nitrogen and oxygen atoms in total. The molecular weight excluding hydrogens is 268 g/mol. The molecule has 0 saturated heterocycles. The number of pyridine rings is 1. The molecule has 0 spiro atoms. The maximum Gasteiger partial charge on any atom is 0.253 e. The van der Waals surface area contributed by atoms with E-state index in [0.29, 0.717) is 23.4 Å². The number of hydrogen-bond acceptors (Lipinski definition) is 4. The van der Waals surface area contributed by atoms with E-state index in [-0.39, 0.29) is 5.91 Å². The summed E-state index contributed by atoms with van der Waals surface area (Å²) in [5.74, 6) is -0.709. The van der Waals surface area contributed by atoms with Gasteiger partial charge >= 0.3 is 0 Å². The van der Waals surface area contributed by atoms with Crippen LogP contribution in [0.5, 0.6) is 0 Å². The average Bonchev–Trinajstić information content (AvgIpc) is 2.91. The summed E-state index contributed by atoms with van der Waals surface area (Å²) in [4.78, 5) is 26.8. The topological polar surface area (TPSA) is 83.4 Å². The Morgan fingerprint density at radius 3 is 2.76 bits per heavy atom. The maximum atomic E-state index is 12.1. The van der Waals surface area contributed by atoms with Gasteiger partial charge in [-0.15, -0.1) is 0 Å². The van der Waals surface area contributed by atoms with Crippen LogP contribution in [0.3, 0.4) is 0 Å². The van der Waals surface area contributed by atoms with Gasteiger partial charge in [-0.25, -0.2) is 5.43 Å². The number of nitrogens with zero attached hydrogens (tertiary/aromatic N) is 2. The summed E-state index contributed by atoms with van der Waals surface area (Å²) in [5.41, 5.74) is 5.06. The van der Waals surface area contributed by atoms with Crippen LogP contribution in [0, 0.1) is 0 Å². The predicted molar refractivity (Wildman–Crippen MR) is 77.8 cm³/mol. The highest BCUT2D eigenvalue weighted by molar-refractivity contribution is 6.22. The van der Waals surface area contributed by atoms with Gasteiger partial charge in [-0.2, -0.15) is 5.10 Å². The number of hydrogen-bond donors (Lipinski definition) is 2. The Morgan fingerprint density at radius 1 is 1.19 bits per heavy atom. The van der Waals surface area contributed by atoms with Crippen molar-refractivity contribution >= 4 is 23.7 Å². The molecule has 3 rings (SSSR count). The number of carbonyl (C=O) groups excluding carboxylic acids is 2. The van der Waals surface area contributed by atoms with E-state index in [2.05, 4.69) is 20.8 Å². The lowest BCUT2D eigenvalue weighted by molar-refractivity contribution is -0.120. The second-order valence-electron chi connectivity index (χ2n) is 4.50. The fourth-order valence-electron chi connectivity index (χ4n) is 2.33. The van der Waals surface area contributed by atoms with Crippen LogP contribution in [0.25, 0.3) is 0 Å². The summed E-state index contributed by atoms with van der Waals surface area (Å²) in [6.07, 6.45) is 3.74. The number of aromatic nitrogens is 1. The Bertz CT molecular complexity index is 713. The smallest absolute Gasteiger partial charge is 0.253 e. The Labute approximate surface area is 120 Å². The Balaban J connectivity index is 2.05. The molecule has 6 heteroatoms. The molecule has 2 N–H and O–H groups in total. The third-order valence-corrected chi connectivity index (χ3v) is 3.27. The van der Waals surface area contributed by atoms with E-state index >= 15 is 0 Å². The van der Waals surface area contributed by atoms with Gasteiger partial charge in [-0.1, -0.05) is 30.3 Å². The molecule has 1 aliphatic heterocycles. The summed E-state index contributed by atoms with van der Waals surface area (Å²) >= 11 is 0. The Kier molecular flexibility index (Phi) is 3.42. The van der Waals surface area contributed by atoms with E-state index in [9.17, 15) is 9.59 Å². The lowest BCUT2D eigenvalue weighted by Gasteiger charge is -2.13. The van der Waals surface area contributed by atoms with Crippen molar-refractivity contribution in [3.8, 4) is 0 Å². The minimum atomic E-state index is -0.511. The second kappa shape index (κ2) is 5.54. The van der Waals surface area contributed by atoms with Gasteiger partial charge in [0.1, 0.15) is 5.92 Å². The van der Waals surface area contributed by atoms with Gasteiger partial charge in [-0.05, 0) is 11.6 Å². The van der Waals surface area contributed by atoms with Gasteiger partial charge in [0, 0.05) is 18.0 Å². The van der Waals surface area contributed by atoms with E-state index in [4.69, 9.17) is 0 Å². The number of benzene rings is 1. The van der Waals surface area contributed by atoms with Gasteiger partial charge in [0.05, 0.1) is 11.4 Å². The number of anilines is 1. The number of hydrazone groups is 1. The summed E-state index contributed by atoms with van der Waals surface area (Å²) in [5, 5.41) is 6.71. The van der Waals surface area contributed by atoms with Crippen molar-refractivity contribution in [2.75, 3.05) is 5.32 Å². The van der Waals surface area contributed by atoms with Crippen molar-refractivity contribution in [1.82, 2.24) is 10.4 Å². The van der Waals surface area contributed by atoms with Crippen molar-refractivity contribution in [1.29, 1.82) is 0 Å². The molecule has 1 aromatic heterocycles. The largest absolute Gasteiger partial charge is 0.328 e. The van der Waals surface area contributed by atoms with Crippen LogP contribution < -0.4 is 10.7 Å². The molecule has 0 saturated carbocycles. The molecule has 2 amide bonds. The van der Waals surface area contributed by atoms with Crippen molar-refractivity contribution < 1.29 is 9.59 Å². The maximum absolute atomic E-state index is 12.1. The summed E-state index contributed by atoms with van der Waals surface area (Å²) in [7, 11) is 0. The first kappa shape index (κ1) is 13.0. The number of amides is 2. The van der Waals surface area contributed by atoms with Gasteiger partial charge in [-0.3, -0.25) is 14.6 Å². The molecule has 2 aromatic rings. The van der Waals surface area contributed by atoms with Crippen LogP contribution in [0.15, 0.2) is 53.9 Å². The molecule has 1 atom stereocenters. The lowest BCUT2D eigenvalue weighted by atomic mass is 9.90. The first-order chi connectivity index (χ1) is 10.3. The van der Waals surface area contributed by atoms with Crippen molar-refractivity contribution in [2.24, 2.45) is 5.10 Å². The van der Waals surface area contributed by atoms with Crippen LogP contribution >= 0.6 is 0 Å². The zero-order valence-corrected chi connectivity index (χ0v) is 11.0.